The van der Waals surface area contributed by atoms with Gasteiger partial charge in [-0.1, -0.05) is 11.6 Å². The highest BCUT2D eigenvalue weighted by molar-refractivity contribution is 6.31. The van der Waals surface area contributed by atoms with Gasteiger partial charge in [0.2, 0.25) is 0 Å². The number of ether oxygens (including phenoxy) is 2. The van der Waals surface area contributed by atoms with E-state index in [4.69, 9.17) is 21.1 Å². The minimum absolute atomic E-state index is 0.0120. The van der Waals surface area contributed by atoms with Crippen LogP contribution < -0.4 is 4.90 Å². The number of benzene rings is 1. The predicted octanol–water partition coefficient (Wildman–Crippen LogP) is 5.25. The third-order valence-electron chi connectivity index (χ3n) is 3.67. The van der Waals surface area contributed by atoms with Gasteiger partial charge in [0.05, 0.1) is 4.92 Å². The molecule has 1 rings (SSSR count). The molecule has 1 aromatic rings. The molecule has 0 aliphatic rings. The van der Waals surface area contributed by atoms with E-state index < -0.39 is 28.3 Å². The molecule has 0 N–H and O–H groups in total. The van der Waals surface area contributed by atoms with Crippen molar-refractivity contribution in [2.75, 3.05) is 24.5 Å². The van der Waals surface area contributed by atoms with Crippen LogP contribution in [0.4, 0.5) is 21.0 Å². The van der Waals surface area contributed by atoms with E-state index in [1.165, 1.54) is 23.1 Å². The Morgan fingerprint density at radius 1 is 1.03 bits per heavy atom. The second-order valence-electron chi connectivity index (χ2n) is 8.58. The molecule has 0 aliphatic heterocycles. The highest BCUT2D eigenvalue weighted by atomic mass is 35.5. The molecule has 0 fully saturated rings. The smallest absolute Gasteiger partial charge is 0.415 e. The van der Waals surface area contributed by atoms with E-state index in [0.29, 0.717) is 6.54 Å². The van der Waals surface area contributed by atoms with Crippen molar-refractivity contribution >= 4 is 35.2 Å². The Bertz CT molecular complexity index is 786. The van der Waals surface area contributed by atoms with E-state index in [0.717, 1.165) is 4.90 Å². The second kappa shape index (κ2) is 9.97. The standard InChI is InChI=1S/C20H30ClN3O6/c1-8-22(17(25)29-19(2,3)4)11-12-23(18(26)30-20(5,6)7)16-13-14(21)9-10-15(16)24(27)28/h9-10,13H,8,11-12H2,1-7H3. The van der Waals surface area contributed by atoms with E-state index in [2.05, 4.69) is 0 Å². The molecule has 0 heterocycles. The number of rotatable bonds is 6. The van der Waals surface area contributed by atoms with Crippen molar-refractivity contribution in [3.63, 3.8) is 0 Å². The molecule has 0 atom stereocenters. The molecule has 0 radical (unpaired) electrons. The summed E-state index contributed by atoms with van der Waals surface area (Å²) < 4.78 is 10.8. The lowest BCUT2D eigenvalue weighted by atomic mass is 10.2. The van der Waals surface area contributed by atoms with Crippen LogP contribution in [-0.4, -0.2) is 52.8 Å². The van der Waals surface area contributed by atoms with Crippen LogP contribution in [-0.2, 0) is 9.47 Å². The Morgan fingerprint density at radius 2 is 1.57 bits per heavy atom. The Labute approximate surface area is 182 Å². The van der Waals surface area contributed by atoms with E-state index in [-0.39, 0.29) is 29.5 Å². The fourth-order valence-corrected chi connectivity index (χ4v) is 2.59. The number of likely N-dealkylation sites (N-methyl/N-ethyl adjacent to an activating group) is 1. The van der Waals surface area contributed by atoms with Crippen molar-refractivity contribution in [1.82, 2.24) is 4.90 Å². The number of hydrogen-bond donors (Lipinski definition) is 0. The Morgan fingerprint density at radius 3 is 2.03 bits per heavy atom. The van der Waals surface area contributed by atoms with Gasteiger partial charge in [0.15, 0.2) is 0 Å². The summed E-state index contributed by atoms with van der Waals surface area (Å²) in [6.07, 6.45) is -1.33. The molecule has 0 aromatic heterocycles. The summed E-state index contributed by atoms with van der Waals surface area (Å²) in [7, 11) is 0. The Kier molecular flexibility index (Phi) is 8.47. The average Bonchev–Trinajstić information content (AvgIpc) is 2.55. The van der Waals surface area contributed by atoms with Gasteiger partial charge in [-0.25, -0.2) is 9.59 Å². The molecule has 0 aliphatic carbocycles. The first-order valence-corrected chi connectivity index (χ1v) is 9.95. The lowest BCUT2D eigenvalue weighted by Crippen LogP contribution is -2.44. The van der Waals surface area contributed by atoms with Crippen LogP contribution in [0.25, 0.3) is 0 Å². The maximum absolute atomic E-state index is 12.8. The molecule has 0 spiro atoms. The quantitative estimate of drug-likeness (QED) is 0.439. The number of anilines is 1. The molecule has 0 unspecified atom stereocenters. The molecule has 0 bridgehead atoms. The monoisotopic (exact) mass is 443 g/mol. The maximum atomic E-state index is 12.8. The van der Waals surface area contributed by atoms with Gasteiger partial charge in [-0.3, -0.25) is 15.0 Å². The van der Waals surface area contributed by atoms with Gasteiger partial charge in [-0.15, -0.1) is 0 Å². The summed E-state index contributed by atoms with van der Waals surface area (Å²) >= 11 is 6.03. The zero-order valence-electron chi connectivity index (χ0n) is 18.5. The van der Waals surface area contributed by atoms with Gasteiger partial charge in [0.1, 0.15) is 16.9 Å². The summed E-state index contributed by atoms with van der Waals surface area (Å²) in [5, 5.41) is 11.7. The molecule has 10 heteroatoms. The predicted molar refractivity (Wildman–Crippen MR) is 115 cm³/mol. The van der Waals surface area contributed by atoms with Gasteiger partial charge in [0, 0.05) is 30.7 Å². The molecule has 0 saturated carbocycles. The zero-order valence-corrected chi connectivity index (χ0v) is 19.3. The molecular weight excluding hydrogens is 414 g/mol. The summed E-state index contributed by atoms with van der Waals surface area (Å²) in [5.41, 5.74) is -1.81. The average molecular weight is 444 g/mol. The molecule has 168 valence electrons. The summed E-state index contributed by atoms with van der Waals surface area (Å²) in [6.45, 7) is 12.4. The number of amides is 2. The van der Waals surface area contributed by atoms with Gasteiger partial charge < -0.3 is 14.4 Å². The van der Waals surface area contributed by atoms with E-state index >= 15 is 0 Å². The fourth-order valence-electron chi connectivity index (χ4n) is 2.42. The zero-order chi connectivity index (χ0) is 23.3. The van der Waals surface area contributed by atoms with Gasteiger partial charge in [-0.05, 0) is 60.6 Å². The Balaban J connectivity index is 3.24. The molecular formula is C20H30ClN3O6. The summed E-state index contributed by atoms with van der Waals surface area (Å²) in [5.74, 6) is 0. The number of nitro benzene ring substituents is 1. The number of nitrogens with zero attached hydrogens (tertiary/aromatic N) is 3. The van der Waals surface area contributed by atoms with Crippen LogP contribution in [0.2, 0.25) is 5.02 Å². The van der Waals surface area contributed by atoms with E-state index in [1.807, 2.05) is 0 Å². The van der Waals surface area contributed by atoms with Crippen LogP contribution in [0.3, 0.4) is 0 Å². The molecule has 30 heavy (non-hydrogen) atoms. The first kappa shape index (κ1) is 25.5. The van der Waals surface area contributed by atoms with Crippen LogP contribution >= 0.6 is 11.6 Å². The van der Waals surface area contributed by atoms with E-state index in [9.17, 15) is 19.7 Å². The minimum Gasteiger partial charge on any atom is -0.444 e. The minimum atomic E-state index is -0.821. The number of nitro groups is 1. The fraction of sp³-hybridized carbons (Fsp3) is 0.600. The van der Waals surface area contributed by atoms with Crippen LogP contribution in [0.15, 0.2) is 18.2 Å². The van der Waals surface area contributed by atoms with Crippen molar-refractivity contribution < 1.29 is 24.0 Å². The number of carbonyl (C=O) groups is 2. The Hall–Kier alpha value is -2.55. The van der Waals surface area contributed by atoms with Crippen LogP contribution in [0.5, 0.6) is 0 Å². The van der Waals surface area contributed by atoms with Gasteiger partial charge in [0.25, 0.3) is 5.69 Å². The molecule has 9 nitrogen and oxygen atoms in total. The number of halogens is 1. The first-order valence-electron chi connectivity index (χ1n) is 9.57. The van der Waals surface area contributed by atoms with Crippen molar-refractivity contribution in [3.05, 3.63) is 33.3 Å². The molecule has 1 aromatic carbocycles. The first-order chi connectivity index (χ1) is 13.6. The molecule has 0 saturated heterocycles. The lowest BCUT2D eigenvalue weighted by molar-refractivity contribution is -0.384. The van der Waals surface area contributed by atoms with Gasteiger partial charge >= 0.3 is 12.2 Å². The second-order valence-corrected chi connectivity index (χ2v) is 9.02. The molecule has 2 amide bonds. The van der Waals surface area contributed by atoms with Crippen molar-refractivity contribution in [1.29, 1.82) is 0 Å². The topological polar surface area (TPSA) is 102 Å². The summed E-state index contributed by atoms with van der Waals surface area (Å²) in [4.78, 5) is 38.7. The van der Waals surface area contributed by atoms with Crippen LogP contribution in [0.1, 0.15) is 48.5 Å². The maximum Gasteiger partial charge on any atom is 0.415 e. The van der Waals surface area contributed by atoms with Crippen molar-refractivity contribution in [2.45, 2.75) is 59.7 Å². The van der Waals surface area contributed by atoms with Crippen molar-refractivity contribution in [2.24, 2.45) is 0 Å². The van der Waals surface area contributed by atoms with E-state index in [1.54, 1.807) is 48.5 Å². The highest BCUT2D eigenvalue weighted by Gasteiger charge is 2.30. The SMILES string of the molecule is CCN(CCN(C(=O)OC(C)(C)C)c1cc(Cl)ccc1[N+](=O)[O-])C(=O)OC(C)(C)C. The number of hydrogen-bond acceptors (Lipinski definition) is 6. The highest BCUT2D eigenvalue weighted by Crippen LogP contribution is 2.32. The number of carbonyl (C=O) groups excluding carboxylic acids is 2. The lowest BCUT2D eigenvalue weighted by Gasteiger charge is -2.30. The van der Waals surface area contributed by atoms with Gasteiger partial charge in [-0.2, -0.15) is 0 Å². The summed E-state index contributed by atoms with van der Waals surface area (Å²) in [6, 6.07) is 3.92. The third kappa shape index (κ3) is 8.06. The third-order valence-corrected chi connectivity index (χ3v) is 3.90. The largest absolute Gasteiger partial charge is 0.444 e. The van der Waals surface area contributed by atoms with Crippen LogP contribution in [0, 0.1) is 10.1 Å². The normalized spacial score (nSPS) is 11.6. The van der Waals surface area contributed by atoms with Crippen molar-refractivity contribution in [3.8, 4) is 0 Å².